The Kier molecular flexibility index (Phi) is 5.86. The molecule has 128 valence electrons. The lowest BCUT2D eigenvalue weighted by Gasteiger charge is -2.10. The Morgan fingerprint density at radius 3 is 2.48 bits per heavy atom. The molecule has 0 spiro atoms. The van der Waals surface area contributed by atoms with Crippen LogP contribution in [-0.2, 0) is 0 Å². The minimum Gasteiger partial charge on any atom is -0.494 e. The molecule has 1 aromatic heterocycles. The zero-order valence-electron chi connectivity index (χ0n) is 13.7. The molecule has 4 nitrogen and oxygen atoms in total. The summed E-state index contributed by atoms with van der Waals surface area (Å²) in [6.07, 6.45) is 4.28. The number of carbonyl (C=O) groups is 1. The topological polar surface area (TPSA) is 48.4 Å². The van der Waals surface area contributed by atoms with Crippen LogP contribution < -0.4 is 9.47 Å². The molecule has 0 amide bonds. The first kappa shape index (κ1) is 17.2. The number of halogens is 1. The fourth-order valence-electron chi connectivity index (χ4n) is 2.45. The van der Waals surface area contributed by atoms with E-state index in [-0.39, 0.29) is 0 Å². The maximum absolute atomic E-state index is 10.6. The minimum absolute atomic E-state index is 0.584. The monoisotopic (exact) mass is 355 g/mol. The second kappa shape index (κ2) is 8.49. The third-order valence-electron chi connectivity index (χ3n) is 3.76. The lowest BCUT2D eigenvalue weighted by Crippen LogP contribution is -2.03. The fraction of sp³-hybridized carbons (Fsp3) is 0.200. The molecule has 3 rings (SSSR count). The van der Waals surface area contributed by atoms with Crippen molar-refractivity contribution in [3.63, 3.8) is 0 Å². The summed E-state index contributed by atoms with van der Waals surface area (Å²) >= 11 is 6.18. The van der Waals surface area contributed by atoms with Crippen molar-refractivity contribution < 1.29 is 14.3 Å². The summed E-state index contributed by atoms with van der Waals surface area (Å²) in [5, 5.41) is 1.56. The molecule has 0 aliphatic carbocycles. The van der Waals surface area contributed by atoms with Crippen molar-refractivity contribution in [3.8, 4) is 11.5 Å². The van der Waals surface area contributed by atoms with E-state index in [0.717, 1.165) is 41.5 Å². The molecule has 25 heavy (non-hydrogen) atoms. The number of ether oxygens (including phenoxy) is 2. The lowest BCUT2D eigenvalue weighted by molar-refractivity contribution is 0.112. The number of hydrogen-bond acceptors (Lipinski definition) is 4. The van der Waals surface area contributed by atoms with Crippen LogP contribution in [0, 0.1) is 0 Å². The van der Waals surface area contributed by atoms with Crippen molar-refractivity contribution in [1.82, 2.24) is 4.98 Å². The molecule has 0 saturated heterocycles. The van der Waals surface area contributed by atoms with Crippen LogP contribution in [0.5, 0.6) is 11.5 Å². The molecular formula is C20H18ClNO3. The van der Waals surface area contributed by atoms with Crippen molar-refractivity contribution >= 4 is 28.8 Å². The van der Waals surface area contributed by atoms with Gasteiger partial charge in [0.2, 0.25) is 0 Å². The van der Waals surface area contributed by atoms with Crippen LogP contribution in [0.25, 0.3) is 10.9 Å². The third-order valence-corrected chi connectivity index (χ3v) is 4.09. The molecule has 1 heterocycles. The number of fused-ring (bicyclic) bond motifs is 1. The first-order valence-corrected chi connectivity index (χ1v) is 8.50. The Hall–Kier alpha value is -2.59. The van der Waals surface area contributed by atoms with Crippen molar-refractivity contribution in [2.24, 2.45) is 0 Å². The van der Waals surface area contributed by atoms with Gasteiger partial charge in [-0.05, 0) is 61.4 Å². The Morgan fingerprint density at radius 2 is 1.72 bits per heavy atom. The van der Waals surface area contributed by atoms with Gasteiger partial charge in [0, 0.05) is 17.1 Å². The molecular weight excluding hydrogens is 338 g/mol. The van der Waals surface area contributed by atoms with Gasteiger partial charge in [-0.25, -0.2) is 0 Å². The second-order valence-corrected chi connectivity index (χ2v) is 5.94. The van der Waals surface area contributed by atoms with Gasteiger partial charge in [-0.3, -0.25) is 9.78 Å². The van der Waals surface area contributed by atoms with E-state index >= 15 is 0 Å². The highest BCUT2D eigenvalue weighted by atomic mass is 35.5. The lowest BCUT2D eigenvalue weighted by atomic mass is 10.2. The number of aromatic nitrogens is 1. The molecule has 0 radical (unpaired) electrons. The van der Waals surface area contributed by atoms with E-state index in [1.54, 1.807) is 30.5 Å². The summed E-state index contributed by atoms with van der Waals surface area (Å²) in [4.78, 5) is 15.0. The highest BCUT2D eigenvalue weighted by Crippen LogP contribution is 2.29. The van der Waals surface area contributed by atoms with Crippen molar-refractivity contribution in [1.29, 1.82) is 0 Å². The summed E-state index contributed by atoms with van der Waals surface area (Å²) in [6.45, 7) is 1.18. The average molecular weight is 356 g/mol. The standard InChI is InChI=1S/C20H18ClNO3/c21-18-9-10-19(20-17(18)4-3-11-22-20)25-13-2-1-12-24-16-7-5-15(14-23)6-8-16/h3-11,14H,1-2,12-13H2. The quantitative estimate of drug-likeness (QED) is 0.424. The van der Waals surface area contributed by atoms with Gasteiger partial charge >= 0.3 is 0 Å². The van der Waals surface area contributed by atoms with E-state index in [0.29, 0.717) is 23.8 Å². The van der Waals surface area contributed by atoms with Crippen molar-refractivity contribution in [3.05, 3.63) is 65.3 Å². The maximum Gasteiger partial charge on any atom is 0.150 e. The van der Waals surface area contributed by atoms with Crippen LogP contribution in [0.4, 0.5) is 0 Å². The molecule has 0 saturated carbocycles. The Balaban J connectivity index is 1.44. The van der Waals surface area contributed by atoms with E-state index in [9.17, 15) is 4.79 Å². The molecule has 0 unspecified atom stereocenters. The molecule has 3 aromatic rings. The van der Waals surface area contributed by atoms with Crippen LogP contribution >= 0.6 is 11.6 Å². The number of benzene rings is 2. The van der Waals surface area contributed by atoms with E-state index < -0.39 is 0 Å². The number of hydrogen-bond donors (Lipinski definition) is 0. The van der Waals surface area contributed by atoms with Crippen LogP contribution in [-0.4, -0.2) is 24.5 Å². The minimum atomic E-state index is 0.584. The van der Waals surface area contributed by atoms with Crippen LogP contribution in [0.1, 0.15) is 23.2 Å². The van der Waals surface area contributed by atoms with Crippen LogP contribution in [0.3, 0.4) is 0 Å². The smallest absolute Gasteiger partial charge is 0.150 e. The Morgan fingerprint density at radius 1 is 0.960 bits per heavy atom. The summed E-state index contributed by atoms with van der Waals surface area (Å²) in [6, 6.07) is 14.5. The van der Waals surface area contributed by atoms with Gasteiger partial charge in [-0.2, -0.15) is 0 Å². The van der Waals surface area contributed by atoms with Crippen molar-refractivity contribution in [2.45, 2.75) is 12.8 Å². The number of carbonyl (C=O) groups excluding carboxylic acids is 1. The highest BCUT2D eigenvalue weighted by Gasteiger charge is 2.06. The summed E-state index contributed by atoms with van der Waals surface area (Å²) < 4.78 is 11.5. The van der Waals surface area contributed by atoms with Gasteiger partial charge in [-0.15, -0.1) is 0 Å². The average Bonchev–Trinajstić information content (AvgIpc) is 2.67. The molecule has 0 atom stereocenters. The number of nitrogens with zero attached hydrogens (tertiary/aromatic N) is 1. The van der Waals surface area contributed by atoms with E-state index in [1.165, 1.54) is 0 Å². The highest BCUT2D eigenvalue weighted by molar-refractivity contribution is 6.35. The first-order valence-electron chi connectivity index (χ1n) is 8.12. The summed E-state index contributed by atoms with van der Waals surface area (Å²) in [5.74, 6) is 1.50. The molecule has 0 fully saturated rings. The summed E-state index contributed by atoms with van der Waals surface area (Å²) in [7, 11) is 0. The third kappa shape index (κ3) is 4.48. The number of pyridine rings is 1. The van der Waals surface area contributed by atoms with Gasteiger partial charge in [-0.1, -0.05) is 11.6 Å². The zero-order valence-corrected chi connectivity index (χ0v) is 14.4. The van der Waals surface area contributed by atoms with Gasteiger partial charge in [0.15, 0.2) is 0 Å². The SMILES string of the molecule is O=Cc1ccc(OCCCCOc2ccc(Cl)c3cccnc23)cc1. The normalized spacial score (nSPS) is 10.6. The molecule has 0 bridgehead atoms. The number of unbranched alkanes of at least 4 members (excludes halogenated alkanes) is 1. The van der Waals surface area contributed by atoms with Crippen LogP contribution in [0.2, 0.25) is 5.02 Å². The van der Waals surface area contributed by atoms with Gasteiger partial charge in [0.05, 0.1) is 18.2 Å². The van der Waals surface area contributed by atoms with Gasteiger partial charge in [0.25, 0.3) is 0 Å². The van der Waals surface area contributed by atoms with Crippen molar-refractivity contribution in [2.75, 3.05) is 13.2 Å². The number of aldehydes is 1. The van der Waals surface area contributed by atoms with E-state index in [1.807, 2.05) is 24.3 Å². The largest absolute Gasteiger partial charge is 0.494 e. The maximum atomic E-state index is 10.6. The predicted molar refractivity (Wildman–Crippen MR) is 98.8 cm³/mol. The predicted octanol–water partition coefficient (Wildman–Crippen LogP) is 4.94. The molecule has 0 aliphatic heterocycles. The second-order valence-electron chi connectivity index (χ2n) is 5.54. The Bertz CT molecular complexity index is 849. The van der Waals surface area contributed by atoms with E-state index in [4.69, 9.17) is 21.1 Å². The fourth-order valence-corrected chi connectivity index (χ4v) is 2.66. The molecule has 0 aliphatic rings. The van der Waals surface area contributed by atoms with Gasteiger partial charge in [0.1, 0.15) is 23.3 Å². The van der Waals surface area contributed by atoms with Crippen LogP contribution in [0.15, 0.2) is 54.7 Å². The number of rotatable bonds is 8. The summed E-state index contributed by atoms with van der Waals surface area (Å²) in [5.41, 5.74) is 1.42. The molecule has 0 N–H and O–H groups in total. The molecule has 2 aromatic carbocycles. The van der Waals surface area contributed by atoms with Gasteiger partial charge < -0.3 is 9.47 Å². The zero-order chi connectivity index (χ0) is 17.5. The van der Waals surface area contributed by atoms with E-state index in [2.05, 4.69) is 4.98 Å². The Labute approximate surface area is 151 Å². The molecule has 5 heteroatoms. The first-order chi connectivity index (χ1) is 12.3.